The van der Waals surface area contributed by atoms with Crippen LogP contribution < -0.4 is 10.6 Å². The number of hydrogen-bond acceptors (Lipinski definition) is 3. The van der Waals surface area contributed by atoms with Gasteiger partial charge in [-0.3, -0.25) is 14.5 Å². The number of anilines is 1. The van der Waals surface area contributed by atoms with Crippen LogP contribution in [0.25, 0.3) is 0 Å². The Kier molecular flexibility index (Phi) is 7.57. The van der Waals surface area contributed by atoms with Gasteiger partial charge in [0.15, 0.2) is 0 Å². The zero-order valence-electron chi connectivity index (χ0n) is 17.7. The van der Waals surface area contributed by atoms with Gasteiger partial charge in [0.05, 0.1) is 17.2 Å². The number of piperidine rings is 1. The lowest BCUT2D eigenvalue weighted by Crippen LogP contribution is -2.40. The maximum atomic E-state index is 13.1. The molecule has 0 saturated carbocycles. The summed E-state index contributed by atoms with van der Waals surface area (Å²) in [6.45, 7) is 6.22. The number of carbonyl (C=O) groups excluding carboxylic acids is 2. The minimum atomic E-state index is -0.245. The Morgan fingerprint density at radius 2 is 1.90 bits per heavy atom. The minimum Gasteiger partial charge on any atom is -0.350 e. The lowest BCUT2D eigenvalue weighted by Gasteiger charge is -2.32. The van der Waals surface area contributed by atoms with Crippen molar-refractivity contribution in [2.45, 2.75) is 45.7 Å². The fourth-order valence-corrected chi connectivity index (χ4v) is 3.69. The van der Waals surface area contributed by atoms with Crippen molar-refractivity contribution in [1.29, 1.82) is 0 Å². The second-order valence-electron chi connectivity index (χ2n) is 8.02. The fourth-order valence-electron chi connectivity index (χ4n) is 3.69. The van der Waals surface area contributed by atoms with Crippen molar-refractivity contribution in [2.75, 3.05) is 18.4 Å². The Balaban J connectivity index is 1.63. The van der Waals surface area contributed by atoms with Crippen LogP contribution in [-0.4, -0.2) is 35.8 Å². The molecule has 1 fully saturated rings. The van der Waals surface area contributed by atoms with E-state index in [0.29, 0.717) is 24.3 Å². The molecule has 0 bridgehead atoms. The van der Waals surface area contributed by atoms with E-state index in [9.17, 15) is 14.0 Å². The Hall–Kier alpha value is -2.73. The van der Waals surface area contributed by atoms with E-state index < -0.39 is 0 Å². The molecule has 1 heterocycles. The Labute approximate surface area is 177 Å². The molecule has 1 aliphatic heterocycles. The third-order valence-corrected chi connectivity index (χ3v) is 5.62. The Morgan fingerprint density at radius 3 is 2.63 bits per heavy atom. The van der Waals surface area contributed by atoms with Crippen LogP contribution in [0.1, 0.15) is 49.0 Å². The topological polar surface area (TPSA) is 61.4 Å². The number of nitrogens with one attached hydrogen (secondary N) is 2. The highest BCUT2D eigenvalue weighted by Crippen LogP contribution is 2.22. The molecule has 0 aromatic heterocycles. The van der Waals surface area contributed by atoms with Gasteiger partial charge >= 0.3 is 0 Å². The van der Waals surface area contributed by atoms with Gasteiger partial charge in [-0.05, 0) is 62.6 Å². The summed E-state index contributed by atoms with van der Waals surface area (Å²) in [5.74, 6) is -0.639. The van der Waals surface area contributed by atoms with E-state index in [1.165, 1.54) is 12.1 Å². The maximum absolute atomic E-state index is 13.1. The molecular formula is C24H30FN3O2. The SMILES string of the molecule is CC[C@H](C)NC(=O)c1ccccc1NC(=O)[C@@H]1CCCN(Cc2ccc(F)cc2)C1. The smallest absolute Gasteiger partial charge is 0.253 e. The molecule has 6 heteroatoms. The standard InChI is InChI=1S/C24H30FN3O2/c1-3-17(2)26-24(30)21-8-4-5-9-22(21)27-23(29)19-7-6-14-28(16-19)15-18-10-12-20(25)13-11-18/h4-5,8-13,17,19H,3,6-7,14-16H2,1-2H3,(H,26,30)(H,27,29)/t17-,19+/m0/s1. The number of rotatable bonds is 7. The van der Waals surface area contributed by atoms with Crippen molar-refractivity contribution in [3.05, 3.63) is 65.5 Å². The predicted octanol–water partition coefficient (Wildman–Crippen LogP) is 4.20. The summed E-state index contributed by atoms with van der Waals surface area (Å²) >= 11 is 0. The summed E-state index contributed by atoms with van der Waals surface area (Å²) in [5.41, 5.74) is 2.05. The number of benzene rings is 2. The van der Waals surface area contributed by atoms with Crippen LogP contribution in [0, 0.1) is 11.7 Å². The summed E-state index contributed by atoms with van der Waals surface area (Å²) in [5, 5.41) is 5.92. The normalized spacial score (nSPS) is 17.9. The first-order valence-electron chi connectivity index (χ1n) is 10.6. The predicted molar refractivity (Wildman–Crippen MR) is 117 cm³/mol. The van der Waals surface area contributed by atoms with E-state index >= 15 is 0 Å². The second kappa shape index (κ2) is 10.3. The quantitative estimate of drug-likeness (QED) is 0.718. The molecule has 1 saturated heterocycles. The first-order chi connectivity index (χ1) is 14.5. The third kappa shape index (κ3) is 5.89. The van der Waals surface area contributed by atoms with Gasteiger partial charge in [-0.2, -0.15) is 0 Å². The molecule has 0 unspecified atom stereocenters. The number of likely N-dealkylation sites (tertiary alicyclic amines) is 1. The van der Waals surface area contributed by atoms with Crippen LogP contribution >= 0.6 is 0 Å². The average Bonchev–Trinajstić information content (AvgIpc) is 2.75. The molecule has 1 aliphatic rings. The largest absolute Gasteiger partial charge is 0.350 e. The van der Waals surface area contributed by atoms with Gasteiger partial charge in [-0.25, -0.2) is 4.39 Å². The van der Waals surface area contributed by atoms with E-state index in [4.69, 9.17) is 0 Å². The highest BCUT2D eigenvalue weighted by Gasteiger charge is 2.27. The molecule has 0 aliphatic carbocycles. The summed E-state index contributed by atoms with van der Waals surface area (Å²) in [6.07, 6.45) is 2.58. The van der Waals surface area contributed by atoms with Gasteiger partial charge in [0.1, 0.15) is 5.82 Å². The fraction of sp³-hybridized carbons (Fsp3) is 0.417. The summed E-state index contributed by atoms with van der Waals surface area (Å²) < 4.78 is 13.1. The zero-order chi connectivity index (χ0) is 21.5. The maximum Gasteiger partial charge on any atom is 0.253 e. The lowest BCUT2D eigenvalue weighted by molar-refractivity contribution is -0.121. The van der Waals surface area contributed by atoms with Gasteiger partial charge in [-0.15, -0.1) is 0 Å². The third-order valence-electron chi connectivity index (χ3n) is 5.62. The van der Waals surface area contributed by atoms with Crippen LogP contribution in [0.2, 0.25) is 0 Å². The molecule has 2 N–H and O–H groups in total. The van der Waals surface area contributed by atoms with E-state index in [-0.39, 0.29) is 29.6 Å². The van der Waals surface area contributed by atoms with Crippen LogP contribution in [-0.2, 0) is 11.3 Å². The van der Waals surface area contributed by atoms with Crippen LogP contribution in [0.4, 0.5) is 10.1 Å². The van der Waals surface area contributed by atoms with Crippen LogP contribution in [0.3, 0.4) is 0 Å². The number of carbonyl (C=O) groups is 2. The van der Waals surface area contributed by atoms with Crippen molar-refractivity contribution in [1.82, 2.24) is 10.2 Å². The van der Waals surface area contributed by atoms with Crippen LogP contribution in [0.15, 0.2) is 48.5 Å². The highest BCUT2D eigenvalue weighted by molar-refractivity contribution is 6.04. The molecule has 3 rings (SSSR count). The number of hydrogen-bond donors (Lipinski definition) is 2. The number of para-hydroxylation sites is 1. The molecule has 5 nitrogen and oxygen atoms in total. The van der Waals surface area contributed by atoms with Crippen molar-refractivity contribution < 1.29 is 14.0 Å². The number of halogens is 1. The summed E-state index contributed by atoms with van der Waals surface area (Å²) in [4.78, 5) is 27.7. The molecular weight excluding hydrogens is 381 g/mol. The summed E-state index contributed by atoms with van der Waals surface area (Å²) in [7, 11) is 0. The van der Waals surface area contributed by atoms with Crippen molar-refractivity contribution in [3.8, 4) is 0 Å². The average molecular weight is 412 g/mol. The first kappa shape index (κ1) is 22.0. The first-order valence-corrected chi connectivity index (χ1v) is 10.6. The summed E-state index contributed by atoms with van der Waals surface area (Å²) in [6, 6.07) is 13.7. The second-order valence-corrected chi connectivity index (χ2v) is 8.02. The molecule has 2 aromatic rings. The molecule has 30 heavy (non-hydrogen) atoms. The van der Waals surface area contributed by atoms with Crippen molar-refractivity contribution >= 4 is 17.5 Å². The molecule has 0 spiro atoms. The van der Waals surface area contributed by atoms with Crippen molar-refractivity contribution in [3.63, 3.8) is 0 Å². The van der Waals surface area contributed by atoms with Gasteiger partial charge in [0, 0.05) is 19.1 Å². The molecule has 2 atom stereocenters. The Morgan fingerprint density at radius 1 is 1.17 bits per heavy atom. The lowest BCUT2D eigenvalue weighted by atomic mass is 9.96. The number of amides is 2. The number of nitrogens with zero attached hydrogens (tertiary/aromatic N) is 1. The van der Waals surface area contributed by atoms with E-state index in [1.54, 1.807) is 30.3 Å². The van der Waals surface area contributed by atoms with Gasteiger partial charge in [0.2, 0.25) is 5.91 Å². The minimum absolute atomic E-state index is 0.0670. The molecule has 0 radical (unpaired) electrons. The molecule has 160 valence electrons. The van der Waals surface area contributed by atoms with Gasteiger partial charge in [0.25, 0.3) is 5.91 Å². The van der Waals surface area contributed by atoms with E-state index in [0.717, 1.165) is 31.4 Å². The van der Waals surface area contributed by atoms with Crippen LogP contribution in [0.5, 0.6) is 0 Å². The molecule has 2 amide bonds. The zero-order valence-corrected chi connectivity index (χ0v) is 17.7. The monoisotopic (exact) mass is 411 g/mol. The van der Waals surface area contributed by atoms with Crippen molar-refractivity contribution in [2.24, 2.45) is 5.92 Å². The molecule has 2 aromatic carbocycles. The van der Waals surface area contributed by atoms with Gasteiger partial charge < -0.3 is 10.6 Å². The highest BCUT2D eigenvalue weighted by atomic mass is 19.1. The Bertz CT molecular complexity index is 869. The van der Waals surface area contributed by atoms with E-state index in [1.807, 2.05) is 19.9 Å². The van der Waals surface area contributed by atoms with E-state index in [2.05, 4.69) is 15.5 Å². The van der Waals surface area contributed by atoms with Gasteiger partial charge in [-0.1, -0.05) is 31.2 Å².